The van der Waals surface area contributed by atoms with Crippen molar-refractivity contribution < 1.29 is 22.7 Å². The molecule has 1 amide bonds. The van der Waals surface area contributed by atoms with Crippen LogP contribution in [-0.2, 0) is 26.1 Å². The quantitative estimate of drug-likeness (QED) is 0.748. The monoisotopic (exact) mass is 407 g/mol. The van der Waals surface area contributed by atoms with E-state index in [0.717, 1.165) is 10.6 Å². The van der Waals surface area contributed by atoms with Crippen LogP contribution in [-0.4, -0.2) is 56.6 Å². The molecule has 0 spiro atoms. The van der Waals surface area contributed by atoms with E-state index in [1.807, 2.05) is 0 Å². The van der Waals surface area contributed by atoms with Gasteiger partial charge in [-0.05, 0) is 30.3 Å². The number of methoxy groups -OCH3 is 1. The average Bonchev–Trinajstić information content (AvgIpc) is 2.70. The second-order valence-electron chi connectivity index (χ2n) is 6.12. The minimum Gasteiger partial charge on any atom is -0.497 e. The number of amides is 1. The lowest BCUT2D eigenvalue weighted by Gasteiger charge is -2.26. The van der Waals surface area contributed by atoms with E-state index >= 15 is 0 Å². The highest BCUT2D eigenvalue weighted by Gasteiger charge is 2.27. The molecule has 150 valence electrons. The SMILES string of the molecule is COc1ccc(NC(=O)Cn2cc(S(=O)(=O)N3CCOCC3)ccc2=O)cc1. The van der Waals surface area contributed by atoms with Crippen molar-refractivity contribution in [3.63, 3.8) is 0 Å². The van der Waals surface area contributed by atoms with Gasteiger partial charge in [0.05, 0.1) is 25.2 Å². The van der Waals surface area contributed by atoms with E-state index in [-0.39, 0.29) is 24.5 Å². The second kappa shape index (κ2) is 8.55. The maximum Gasteiger partial charge on any atom is 0.251 e. The van der Waals surface area contributed by atoms with Crippen LogP contribution in [0, 0.1) is 0 Å². The Kier molecular flexibility index (Phi) is 6.12. The Bertz CT molecular complexity index is 995. The molecule has 1 N–H and O–H groups in total. The van der Waals surface area contributed by atoms with E-state index in [1.165, 1.54) is 23.7 Å². The number of ether oxygens (including phenoxy) is 2. The fourth-order valence-corrected chi connectivity index (χ4v) is 4.18. The predicted octanol–water partition coefficient (Wildman–Crippen LogP) is 0.516. The van der Waals surface area contributed by atoms with Gasteiger partial charge in [0.25, 0.3) is 5.56 Å². The van der Waals surface area contributed by atoms with E-state index in [0.29, 0.717) is 24.7 Å². The molecule has 0 atom stereocenters. The Balaban J connectivity index is 1.75. The summed E-state index contributed by atoms with van der Waals surface area (Å²) in [5, 5.41) is 2.66. The Morgan fingerprint density at radius 1 is 1.14 bits per heavy atom. The molecular weight excluding hydrogens is 386 g/mol. The van der Waals surface area contributed by atoms with Gasteiger partial charge in [0.1, 0.15) is 12.3 Å². The molecule has 1 aromatic carbocycles. The number of anilines is 1. The van der Waals surface area contributed by atoms with Crippen LogP contribution in [0.5, 0.6) is 5.75 Å². The lowest BCUT2D eigenvalue weighted by atomic mass is 10.3. The van der Waals surface area contributed by atoms with Crippen molar-refractivity contribution in [1.29, 1.82) is 0 Å². The largest absolute Gasteiger partial charge is 0.497 e. The zero-order valence-corrected chi connectivity index (χ0v) is 16.1. The molecule has 2 aromatic rings. The summed E-state index contributed by atoms with van der Waals surface area (Å²) in [4.78, 5) is 24.3. The fourth-order valence-electron chi connectivity index (χ4n) is 2.75. The second-order valence-corrected chi connectivity index (χ2v) is 8.06. The summed E-state index contributed by atoms with van der Waals surface area (Å²) in [6.07, 6.45) is 1.20. The molecule has 0 radical (unpaired) electrons. The molecule has 1 saturated heterocycles. The number of nitrogens with zero attached hydrogens (tertiary/aromatic N) is 2. The number of nitrogens with one attached hydrogen (secondary N) is 1. The van der Waals surface area contributed by atoms with Gasteiger partial charge in [-0.3, -0.25) is 9.59 Å². The van der Waals surface area contributed by atoms with Crippen molar-refractivity contribution in [1.82, 2.24) is 8.87 Å². The number of hydrogen-bond donors (Lipinski definition) is 1. The average molecular weight is 407 g/mol. The van der Waals surface area contributed by atoms with Gasteiger partial charge in [-0.2, -0.15) is 4.31 Å². The lowest BCUT2D eigenvalue weighted by Crippen LogP contribution is -2.41. The molecule has 0 unspecified atom stereocenters. The molecule has 28 heavy (non-hydrogen) atoms. The summed E-state index contributed by atoms with van der Waals surface area (Å²) in [6.45, 7) is 0.836. The molecule has 9 nitrogen and oxygen atoms in total. The molecule has 10 heteroatoms. The van der Waals surface area contributed by atoms with Gasteiger partial charge in [-0.25, -0.2) is 8.42 Å². The number of aromatic nitrogens is 1. The summed E-state index contributed by atoms with van der Waals surface area (Å²) < 4.78 is 38.1. The summed E-state index contributed by atoms with van der Waals surface area (Å²) >= 11 is 0. The van der Waals surface area contributed by atoms with Gasteiger partial charge in [0, 0.05) is 31.0 Å². The van der Waals surface area contributed by atoms with E-state index in [9.17, 15) is 18.0 Å². The Morgan fingerprint density at radius 2 is 1.82 bits per heavy atom. The first-order chi connectivity index (χ1) is 13.4. The number of carbonyl (C=O) groups is 1. The van der Waals surface area contributed by atoms with E-state index < -0.39 is 21.5 Å². The highest BCUT2D eigenvalue weighted by Crippen LogP contribution is 2.16. The van der Waals surface area contributed by atoms with Crippen molar-refractivity contribution >= 4 is 21.6 Å². The highest BCUT2D eigenvalue weighted by molar-refractivity contribution is 7.89. The molecular formula is C18H21N3O6S. The first-order valence-electron chi connectivity index (χ1n) is 8.62. The molecule has 1 fully saturated rings. The number of carbonyl (C=O) groups excluding carboxylic acids is 1. The molecule has 1 aliphatic heterocycles. The number of benzene rings is 1. The zero-order chi connectivity index (χ0) is 20.1. The molecule has 1 aliphatic rings. The van der Waals surface area contributed by atoms with Crippen LogP contribution in [0.2, 0.25) is 0 Å². The van der Waals surface area contributed by atoms with Crippen molar-refractivity contribution in [3.8, 4) is 5.75 Å². The molecule has 3 rings (SSSR count). The topological polar surface area (TPSA) is 107 Å². The molecule has 2 heterocycles. The van der Waals surface area contributed by atoms with Crippen LogP contribution in [0.4, 0.5) is 5.69 Å². The number of sulfonamides is 1. The van der Waals surface area contributed by atoms with Gasteiger partial charge in [0.2, 0.25) is 15.9 Å². The van der Waals surface area contributed by atoms with Crippen LogP contribution in [0.1, 0.15) is 0 Å². The first-order valence-corrected chi connectivity index (χ1v) is 10.1. The van der Waals surface area contributed by atoms with Crippen LogP contribution in [0.15, 0.2) is 52.3 Å². The van der Waals surface area contributed by atoms with Gasteiger partial charge in [0.15, 0.2) is 0 Å². The smallest absolute Gasteiger partial charge is 0.251 e. The zero-order valence-electron chi connectivity index (χ0n) is 15.3. The third-order valence-electron chi connectivity index (χ3n) is 4.25. The Hall–Kier alpha value is -2.69. The maximum absolute atomic E-state index is 12.7. The number of morpholine rings is 1. The Labute approximate surface area is 162 Å². The van der Waals surface area contributed by atoms with Crippen LogP contribution in [0.3, 0.4) is 0 Å². The van der Waals surface area contributed by atoms with Crippen LogP contribution in [0.25, 0.3) is 0 Å². The highest BCUT2D eigenvalue weighted by atomic mass is 32.2. The van der Waals surface area contributed by atoms with Crippen molar-refractivity contribution in [2.75, 3.05) is 38.7 Å². The fraction of sp³-hybridized carbons (Fsp3) is 0.333. The molecule has 0 aliphatic carbocycles. The minimum absolute atomic E-state index is 0.0359. The van der Waals surface area contributed by atoms with Crippen LogP contribution < -0.4 is 15.6 Å². The van der Waals surface area contributed by atoms with Crippen molar-refractivity contribution in [3.05, 3.63) is 52.9 Å². The van der Waals surface area contributed by atoms with E-state index in [2.05, 4.69) is 5.32 Å². The molecule has 0 saturated carbocycles. The van der Waals surface area contributed by atoms with Gasteiger partial charge in [-0.1, -0.05) is 0 Å². The summed E-state index contributed by atoms with van der Waals surface area (Å²) in [5.74, 6) is 0.198. The Morgan fingerprint density at radius 3 is 2.46 bits per heavy atom. The molecule has 0 bridgehead atoms. The normalized spacial score (nSPS) is 15.2. The maximum atomic E-state index is 12.7. The van der Waals surface area contributed by atoms with Crippen molar-refractivity contribution in [2.45, 2.75) is 11.4 Å². The van der Waals surface area contributed by atoms with Gasteiger partial charge in [-0.15, -0.1) is 0 Å². The number of pyridine rings is 1. The molecule has 1 aromatic heterocycles. The predicted molar refractivity (Wildman–Crippen MR) is 102 cm³/mol. The van der Waals surface area contributed by atoms with E-state index in [1.54, 1.807) is 24.3 Å². The standard InChI is InChI=1S/C18H21N3O6S/c1-26-15-4-2-14(3-5-15)19-17(22)13-20-12-16(6-7-18(20)23)28(24,25)21-8-10-27-11-9-21/h2-7,12H,8-11,13H2,1H3,(H,19,22). The van der Waals surface area contributed by atoms with E-state index in [4.69, 9.17) is 9.47 Å². The van der Waals surface area contributed by atoms with Crippen LogP contribution >= 0.6 is 0 Å². The summed E-state index contributed by atoms with van der Waals surface area (Å²) in [7, 11) is -2.22. The number of hydrogen-bond acceptors (Lipinski definition) is 6. The summed E-state index contributed by atoms with van der Waals surface area (Å²) in [5.41, 5.74) is 0.0711. The summed E-state index contributed by atoms with van der Waals surface area (Å²) in [6, 6.07) is 9.12. The first kappa shape index (κ1) is 20.1. The minimum atomic E-state index is -3.76. The third kappa shape index (κ3) is 4.58. The lowest BCUT2D eigenvalue weighted by molar-refractivity contribution is -0.116. The van der Waals surface area contributed by atoms with Gasteiger partial charge >= 0.3 is 0 Å². The third-order valence-corrected chi connectivity index (χ3v) is 6.13. The van der Waals surface area contributed by atoms with Crippen molar-refractivity contribution in [2.24, 2.45) is 0 Å². The number of rotatable bonds is 6. The van der Waals surface area contributed by atoms with Gasteiger partial charge < -0.3 is 19.4 Å².